The molecule has 0 atom stereocenters. The monoisotopic (exact) mass is 349 g/mol. The van der Waals surface area contributed by atoms with Crippen LogP contribution >= 0.6 is 11.6 Å². The predicted octanol–water partition coefficient (Wildman–Crippen LogP) is 5.37. The van der Waals surface area contributed by atoms with Crippen LogP contribution in [0.15, 0.2) is 54.7 Å². The number of nitrogens with zero attached hydrogens (tertiary/aromatic N) is 3. The van der Waals surface area contributed by atoms with Gasteiger partial charge < -0.3 is 4.90 Å². The van der Waals surface area contributed by atoms with Gasteiger partial charge in [-0.2, -0.15) is 0 Å². The summed E-state index contributed by atoms with van der Waals surface area (Å²) in [6.45, 7) is 4.20. The fourth-order valence-electron chi connectivity index (χ4n) is 3.51. The van der Waals surface area contributed by atoms with Gasteiger partial charge in [-0.05, 0) is 44.0 Å². The Bertz CT molecular complexity index is 887. The Balaban J connectivity index is 1.93. The Hall–Kier alpha value is -2.39. The topological polar surface area (TPSA) is 29.0 Å². The Morgan fingerprint density at radius 3 is 2.44 bits per heavy atom. The first-order valence-electron chi connectivity index (χ1n) is 8.67. The van der Waals surface area contributed by atoms with Crippen LogP contribution in [-0.2, 0) is 0 Å². The Morgan fingerprint density at radius 2 is 1.72 bits per heavy atom. The number of anilines is 1. The molecule has 2 aromatic heterocycles. The maximum atomic E-state index is 6.51. The molecule has 1 aliphatic heterocycles. The van der Waals surface area contributed by atoms with Gasteiger partial charge in [-0.15, -0.1) is 0 Å². The summed E-state index contributed by atoms with van der Waals surface area (Å²) in [4.78, 5) is 11.8. The van der Waals surface area contributed by atoms with E-state index in [0.717, 1.165) is 46.3 Å². The number of hydrogen-bond donors (Lipinski definition) is 0. The Labute approximate surface area is 153 Å². The molecule has 0 radical (unpaired) electrons. The molecule has 0 bridgehead atoms. The minimum Gasteiger partial charge on any atom is -0.371 e. The van der Waals surface area contributed by atoms with Crippen LogP contribution in [0.4, 0.5) is 5.69 Å². The Morgan fingerprint density at radius 1 is 0.960 bits per heavy atom. The molecule has 25 heavy (non-hydrogen) atoms. The van der Waals surface area contributed by atoms with E-state index in [1.807, 2.05) is 42.6 Å². The molecule has 1 fully saturated rings. The standard InChI is InChI=1S/C21H20ClN3/c1-15-21(16-8-2-3-9-17(16)22)20(25-12-6-7-13-25)14-19(24-15)18-10-4-5-11-23-18/h2-5,8-11,14H,6-7,12-13H2,1H3. The third-order valence-corrected chi connectivity index (χ3v) is 5.03. The first-order chi connectivity index (χ1) is 12.2. The van der Waals surface area contributed by atoms with Gasteiger partial charge in [0.2, 0.25) is 0 Å². The third-order valence-electron chi connectivity index (χ3n) is 4.70. The molecule has 1 aliphatic rings. The zero-order chi connectivity index (χ0) is 17.2. The molecule has 3 nitrogen and oxygen atoms in total. The highest BCUT2D eigenvalue weighted by Crippen LogP contribution is 2.40. The van der Waals surface area contributed by atoms with Crippen molar-refractivity contribution in [2.45, 2.75) is 19.8 Å². The van der Waals surface area contributed by atoms with E-state index in [1.54, 1.807) is 0 Å². The van der Waals surface area contributed by atoms with Gasteiger partial charge in [0, 0.05) is 46.8 Å². The fourth-order valence-corrected chi connectivity index (χ4v) is 3.74. The second-order valence-electron chi connectivity index (χ2n) is 6.38. The van der Waals surface area contributed by atoms with Crippen molar-refractivity contribution in [1.29, 1.82) is 0 Å². The maximum Gasteiger partial charge on any atom is 0.0910 e. The molecule has 4 heteroatoms. The number of rotatable bonds is 3. The SMILES string of the molecule is Cc1nc(-c2ccccn2)cc(N2CCCC2)c1-c1ccccc1Cl. The highest BCUT2D eigenvalue weighted by Gasteiger charge is 2.21. The highest BCUT2D eigenvalue weighted by molar-refractivity contribution is 6.33. The minimum absolute atomic E-state index is 0.762. The van der Waals surface area contributed by atoms with Crippen LogP contribution in [-0.4, -0.2) is 23.1 Å². The molecule has 0 saturated carbocycles. The van der Waals surface area contributed by atoms with Gasteiger partial charge in [-0.3, -0.25) is 9.97 Å². The third kappa shape index (κ3) is 3.12. The molecule has 4 rings (SSSR count). The van der Waals surface area contributed by atoms with Crippen LogP contribution in [0, 0.1) is 6.92 Å². The van der Waals surface area contributed by atoms with Crippen LogP contribution in [0.25, 0.3) is 22.5 Å². The van der Waals surface area contributed by atoms with E-state index in [-0.39, 0.29) is 0 Å². The first kappa shape index (κ1) is 16.1. The fraction of sp³-hybridized carbons (Fsp3) is 0.238. The summed E-state index contributed by atoms with van der Waals surface area (Å²) in [5.74, 6) is 0. The number of pyridine rings is 2. The van der Waals surface area contributed by atoms with E-state index < -0.39 is 0 Å². The number of halogens is 1. The van der Waals surface area contributed by atoms with E-state index >= 15 is 0 Å². The lowest BCUT2D eigenvalue weighted by molar-refractivity contribution is 0.949. The highest BCUT2D eigenvalue weighted by atomic mass is 35.5. The van der Waals surface area contributed by atoms with Gasteiger partial charge in [-0.1, -0.05) is 35.9 Å². The maximum absolute atomic E-state index is 6.51. The summed E-state index contributed by atoms with van der Waals surface area (Å²) < 4.78 is 0. The molecule has 3 aromatic rings. The van der Waals surface area contributed by atoms with E-state index in [9.17, 15) is 0 Å². The number of benzene rings is 1. The normalized spacial score (nSPS) is 14.1. The van der Waals surface area contributed by atoms with Gasteiger partial charge in [0.1, 0.15) is 0 Å². The number of aryl methyl sites for hydroxylation is 1. The second kappa shape index (κ2) is 6.85. The van der Waals surface area contributed by atoms with Crippen molar-refractivity contribution in [1.82, 2.24) is 9.97 Å². The average Bonchev–Trinajstić information content (AvgIpc) is 3.17. The molecular formula is C21H20ClN3. The van der Waals surface area contributed by atoms with E-state index in [1.165, 1.54) is 18.5 Å². The largest absolute Gasteiger partial charge is 0.371 e. The van der Waals surface area contributed by atoms with Gasteiger partial charge >= 0.3 is 0 Å². The van der Waals surface area contributed by atoms with E-state index in [4.69, 9.17) is 16.6 Å². The first-order valence-corrected chi connectivity index (χ1v) is 9.05. The molecule has 1 saturated heterocycles. The molecule has 1 aromatic carbocycles. The zero-order valence-corrected chi connectivity index (χ0v) is 15.0. The molecule has 0 unspecified atom stereocenters. The summed E-state index contributed by atoms with van der Waals surface area (Å²) in [5.41, 5.74) is 6.18. The molecule has 0 spiro atoms. The smallest absolute Gasteiger partial charge is 0.0910 e. The number of hydrogen-bond acceptors (Lipinski definition) is 3. The summed E-state index contributed by atoms with van der Waals surface area (Å²) in [5, 5.41) is 0.762. The van der Waals surface area contributed by atoms with E-state index in [0.29, 0.717) is 0 Å². The van der Waals surface area contributed by atoms with Crippen molar-refractivity contribution in [2.75, 3.05) is 18.0 Å². The number of aromatic nitrogens is 2. The second-order valence-corrected chi connectivity index (χ2v) is 6.78. The predicted molar refractivity (Wildman–Crippen MR) is 104 cm³/mol. The van der Waals surface area contributed by atoms with Crippen molar-refractivity contribution in [3.63, 3.8) is 0 Å². The average molecular weight is 350 g/mol. The van der Waals surface area contributed by atoms with Crippen molar-refractivity contribution in [2.24, 2.45) is 0 Å². The summed E-state index contributed by atoms with van der Waals surface area (Å²) in [6.07, 6.45) is 4.26. The van der Waals surface area contributed by atoms with Crippen molar-refractivity contribution < 1.29 is 0 Å². The van der Waals surface area contributed by atoms with Crippen LogP contribution in [0.3, 0.4) is 0 Å². The van der Waals surface area contributed by atoms with Crippen LogP contribution in [0.1, 0.15) is 18.5 Å². The lowest BCUT2D eigenvalue weighted by Crippen LogP contribution is -2.19. The van der Waals surface area contributed by atoms with Crippen molar-refractivity contribution >= 4 is 17.3 Å². The van der Waals surface area contributed by atoms with Gasteiger partial charge in [0.15, 0.2) is 0 Å². The molecular weight excluding hydrogens is 330 g/mol. The van der Waals surface area contributed by atoms with Crippen LogP contribution < -0.4 is 4.90 Å². The van der Waals surface area contributed by atoms with Crippen LogP contribution in [0.5, 0.6) is 0 Å². The van der Waals surface area contributed by atoms with Crippen LogP contribution in [0.2, 0.25) is 5.02 Å². The molecule has 0 amide bonds. The molecule has 126 valence electrons. The summed E-state index contributed by atoms with van der Waals surface area (Å²) >= 11 is 6.51. The molecule has 0 aliphatic carbocycles. The van der Waals surface area contributed by atoms with Gasteiger partial charge in [0.05, 0.1) is 11.4 Å². The molecule has 0 N–H and O–H groups in total. The van der Waals surface area contributed by atoms with Crippen molar-refractivity contribution in [3.05, 3.63) is 65.4 Å². The lowest BCUT2D eigenvalue weighted by atomic mass is 10.00. The minimum atomic E-state index is 0.762. The van der Waals surface area contributed by atoms with Gasteiger partial charge in [0.25, 0.3) is 0 Å². The quantitative estimate of drug-likeness (QED) is 0.636. The Kier molecular flexibility index (Phi) is 4.41. The lowest BCUT2D eigenvalue weighted by Gasteiger charge is -2.24. The van der Waals surface area contributed by atoms with E-state index in [2.05, 4.69) is 28.9 Å². The summed E-state index contributed by atoms with van der Waals surface area (Å²) in [6, 6.07) is 16.1. The summed E-state index contributed by atoms with van der Waals surface area (Å²) in [7, 11) is 0. The molecule has 3 heterocycles. The van der Waals surface area contributed by atoms with Crippen molar-refractivity contribution in [3.8, 4) is 22.5 Å². The van der Waals surface area contributed by atoms with Gasteiger partial charge in [-0.25, -0.2) is 0 Å². The zero-order valence-electron chi connectivity index (χ0n) is 14.2.